The monoisotopic (exact) mass is 377 g/mol. The van der Waals surface area contributed by atoms with E-state index >= 15 is 0 Å². The van der Waals surface area contributed by atoms with Gasteiger partial charge < -0.3 is 10.6 Å². The molecule has 2 aromatic rings. The lowest BCUT2D eigenvalue weighted by atomic mass is 10.3. The zero-order chi connectivity index (χ0) is 16.1. The van der Waals surface area contributed by atoms with Crippen molar-refractivity contribution in [1.29, 1.82) is 0 Å². The second kappa shape index (κ2) is 7.72. The number of nitrogens with one attached hydrogen (secondary N) is 2. The first kappa shape index (κ1) is 16.2. The van der Waals surface area contributed by atoms with E-state index in [-0.39, 0.29) is 5.91 Å². The van der Waals surface area contributed by atoms with Crippen LogP contribution in [0, 0.1) is 0 Å². The van der Waals surface area contributed by atoms with Gasteiger partial charge in [0.15, 0.2) is 0 Å². The molecule has 0 spiro atoms. The average molecular weight is 378 g/mol. The summed E-state index contributed by atoms with van der Waals surface area (Å²) < 4.78 is 2.72. The Labute approximate surface area is 144 Å². The third-order valence-corrected chi connectivity index (χ3v) is 4.39. The summed E-state index contributed by atoms with van der Waals surface area (Å²) in [4.78, 5) is 14.5. The lowest BCUT2D eigenvalue weighted by Crippen LogP contribution is -2.46. The third-order valence-electron chi connectivity index (χ3n) is 3.86. The number of rotatable bonds is 5. The lowest BCUT2D eigenvalue weighted by Gasteiger charge is -2.26. The van der Waals surface area contributed by atoms with Crippen LogP contribution >= 0.6 is 15.9 Å². The van der Waals surface area contributed by atoms with Crippen LogP contribution in [-0.2, 0) is 0 Å². The maximum Gasteiger partial charge on any atom is 0.254 e. The normalized spacial score (nSPS) is 15.5. The molecule has 1 aliphatic heterocycles. The number of amides is 1. The van der Waals surface area contributed by atoms with Crippen molar-refractivity contribution in [2.24, 2.45) is 0 Å². The smallest absolute Gasteiger partial charge is 0.254 e. The van der Waals surface area contributed by atoms with Crippen molar-refractivity contribution in [3.05, 3.63) is 46.7 Å². The second-order valence-electron chi connectivity index (χ2n) is 5.50. The number of carbonyl (C=O) groups is 1. The highest BCUT2D eigenvalue weighted by Crippen LogP contribution is 2.14. The minimum absolute atomic E-state index is 0.0801. The Hall–Kier alpha value is -1.70. The van der Waals surface area contributed by atoms with Gasteiger partial charge in [-0.1, -0.05) is 15.9 Å². The van der Waals surface area contributed by atoms with Gasteiger partial charge >= 0.3 is 0 Å². The standard InChI is InChI=1S/C16H20BrN5O/c17-14-1-3-15(4-2-14)22-12-13(11-20-22)16(23)19-7-10-21-8-5-18-6-9-21/h1-4,11-12,18H,5-10H2,(H,19,23). The summed E-state index contributed by atoms with van der Waals surface area (Å²) in [5, 5.41) is 10.5. The molecule has 0 saturated carbocycles. The quantitative estimate of drug-likeness (QED) is 0.823. The molecular formula is C16H20BrN5O. The molecule has 122 valence electrons. The van der Waals surface area contributed by atoms with Crippen LogP contribution in [-0.4, -0.2) is 59.9 Å². The van der Waals surface area contributed by atoms with Gasteiger partial charge in [0.2, 0.25) is 0 Å². The molecule has 0 radical (unpaired) electrons. The first-order valence-corrected chi connectivity index (χ1v) is 8.53. The van der Waals surface area contributed by atoms with E-state index in [0.29, 0.717) is 12.1 Å². The fraction of sp³-hybridized carbons (Fsp3) is 0.375. The molecule has 0 aliphatic carbocycles. The van der Waals surface area contributed by atoms with Gasteiger partial charge in [0.25, 0.3) is 5.91 Å². The molecule has 2 N–H and O–H groups in total. The summed E-state index contributed by atoms with van der Waals surface area (Å²) in [5.74, 6) is -0.0801. The van der Waals surface area contributed by atoms with Gasteiger partial charge in [-0.2, -0.15) is 5.10 Å². The topological polar surface area (TPSA) is 62.2 Å². The molecule has 23 heavy (non-hydrogen) atoms. The number of piperazine rings is 1. The molecule has 1 aliphatic rings. The van der Waals surface area contributed by atoms with Crippen molar-refractivity contribution in [1.82, 2.24) is 25.3 Å². The largest absolute Gasteiger partial charge is 0.351 e. The molecule has 1 aromatic heterocycles. The molecule has 1 amide bonds. The molecule has 7 heteroatoms. The van der Waals surface area contributed by atoms with Crippen LogP contribution in [0.5, 0.6) is 0 Å². The van der Waals surface area contributed by atoms with Gasteiger partial charge in [-0.3, -0.25) is 9.69 Å². The zero-order valence-electron chi connectivity index (χ0n) is 12.8. The Bertz CT molecular complexity index is 649. The molecule has 6 nitrogen and oxygen atoms in total. The maximum absolute atomic E-state index is 12.2. The maximum atomic E-state index is 12.2. The zero-order valence-corrected chi connectivity index (χ0v) is 14.4. The molecule has 0 atom stereocenters. The van der Waals surface area contributed by atoms with Crippen molar-refractivity contribution in [3.8, 4) is 5.69 Å². The van der Waals surface area contributed by atoms with Gasteiger partial charge in [-0.05, 0) is 24.3 Å². The molecule has 3 rings (SSSR count). The van der Waals surface area contributed by atoms with E-state index in [0.717, 1.165) is 42.9 Å². The van der Waals surface area contributed by atoms with Crippen molar-refractivity contribution in [2.75, 3.05) is 39.3 Å². The second-order valence-corrected chi connectivity index (χ2v) is 6.41. The Morgan fingerprint density at radius 2 is 2.00 bits per heavy atom. The highest BCUT2D eigenvalue weighted by Gasteiger charge is 2.11. The van der Waals surface area contributed by atoms with Crippen LogP contribution in [0.15, 0.2) is 41.1 Å². The molecule has 1 aromatic carbocycles. The van der Waals surface area contributed by atoms with E-state index in [1.165, 1.54) is 0 Å². The summed E-state index contributed by atoms with van der Waals surface area (Å²) in [5.41, 5.74) is 1.50. The molecule has 0 unspecified atom stereocenters. The highest BCUT2D eigenvalue weighted by atomic mass is 79.9. The predicted octanol–water partition coefficient (Wildman–Crippen LogP) is 1.27. The van der Waals surface area contributed by atoms with Crippen molar-refractivity contribution in [3.63, 3.8) is 0 Å². The number of halogens is 1. The van der Waals surface area contributed by atoms with Crippen molar-refractivity contribution in [2.45, 2.75) is 0 Å². The Morgan fingerprint density at radius 3 is 2.74 bits per heavy atom. The van der Waals surface area contributed by atoms with E-state index < -0.39 is 0 Å². The summed E-state index contributed by atoms with van der Waals surface area (Å²) in [7, 11) is 0. The van der Waals surface area contributed by atoms with Crippen LogP contribution in [0.4, 0.5) is 0 Å². The van der Waals surface area contributed by atoms with E-state index in [4.69, 9.17) is 0 Å². The minimum Gasteiger partial charge on any atom is -0.351 e. The van der Waals surface area contributed by atoms with Crippen LogP contribution in [0.2, 0.25) is 0 Å². The summed E-state index contributed by atoms with van der Waals surface area (Å²) in [6, 6.07) is 7.79. The summed E-state index contributed by atoms with van der Waals surface area (Å²) in [6.07, 6.45) is 3.35. The predicted molar refractivity (Wildman–Crippen MR) is 92.9 cm³/mol. The van der Waals surface area contributed by atoms with Crippen LogP contribution < -0.4 is 10.6 Å². The van der Waals surface area contributed by atoms with E-state index in [1.54, 1.807) is 17.1 Å². The SMILES string of the molecule is O=C(NCCN1CCNCC1)c1cnn(-c2ccc(Br)cc2)c1. The Morgan fingerprint density at radius 1 is 1.26 bits per heavy atom. The Balaban J connectivity index is 1.52. The number of hydrogen-bond acceptors (Lipinski definition) is 4. The van der Waals surface area contributed by atoms with Gasteiger partial charge in [0, 0.05) is 49.9 Å². The number of carbonyl (C=O) groups excluding carboxylic acids is 1. The van der Waals surface area contributed by atoms with Crippen molar-refractivity contribution < 1.29 is 4.79 Å². The van der Waals surface area contributed by atoms with Gasteiger partial charge in [0.1, 0.15) is 0 Å². The molecule has 0 bridgehead atoms. The van der Waals surface area contributed by atoms with Gasteiger partial charge in [-0.15, -0.1) is 0 Å². The number of aromatic nitrogens is 2. The van der Waals surface area contributed by atoms with Crippen LogP contribution in [0.3, 0.4) is 0 Å². The average Bonchev–Trinajstić information content (AvgIpc) is 3.06. The van der Waals surface area contributed by atoms with Crippen LogP contribution in [0.25, 0.3) is 5.69 Å². The first-order chi connectivity index (χ1) is 11.2. The summed E-state index contributed by atoms with van der Waals surface area (Å²) in [6.45, 7) is 5.66. The van der Waals surface area contributed by atoms with E-state index in [2.05, 4.69) is 36.6 Å². The number of hydrogen-bond donors (Lipinski definition) is 2. The van der Waals surface area contributed by atoms with Crippen LogP contribution in [0.1, 0.15) is 10.4 Å². The molecular weight excluding hydrogens is 358 g/mol. The van der Waals surface area contributed by atoms with Gasteiger partial charge in [0.05, 0.1) is 17.4 Å². The fourth-order valence-corrected chi connectivity index (χ4v) is 2.80. The lowest BCUT2D eigenvalue weighted by molar-refractivity contribution is 0.0947. The fourth-order valence-electron chi connectivity index (χ4n) is 2.54. The number of nitrogens with zero attached hydrogens (tertiary/aromatic N) is 3. The number of benzene rings is 1. The highest BCUT2D eigenvalue weighted by molar-refractivity contribution is 9.10. The molecule has 1 fully saturated rings. The van der Waals surface area contributed by atoms with Gasteiger partial charge in [-0.25, -0.2) is 4.68 Å². The summed E-state index contributed by atoms with van der Waals surface area (Å²) >= 11 is 3.41. The first-order valence-electron chi connectivity index (χ1n) is 7.74. The van der Waals surface area contributed by atoms with E-state index in [9.17, 15) is 4.79 Å². The Kier molecular flexibility index (Phi) is 5.43. The van der Waals surface area contributed by atoms with E-state index in [1.807, 2.05) is 24.3 Å². The molecule has 1 saturated heterocycles. The third kappa shape index (κ3) is 4.40. The minimum atomic E-state index is -0.0801. The molecule has 2 heterocycles. The van der Waals surface area contributed by atoms with Crippen molar-refractivity contribution >= 4 is 21.8 Å².